The molecule has 0 spiro atoms. The van der Waals surface area contributed by atoms with Gasteiger partial charge < -0.3 is 25.2 Å². The molecule has 3 heterocycles. The Hall–Kier alpha value is -4.22. The fourth-order valence-electron chi connectivity index (χ4n) is 5.15. The largest absolute Gasteiger partial charge is 0.457 e. The van der Waals surface area contributed by atoms with Crippen LogP contribution in [-0.4, -0.2) is 64.9 Å². The summed E-state index contributed by atoms with van der Waals surface area (Å²) in [6.07, 6.45) is 5.57. The molecule has 0 bridgehead atoms. The molecule has 10 nitrogen and oxygen atoms in total. The Morgan fingerprint density at radius 1 is 0.881 bits per heavy atom. The summed E-state index contributed by atoms with van der Waals surface area (Å²) in [5.41, 5.74) is 0.685. The van der Waals surface area contributed by atoms with E-state index in [4.69, 9.17) is 16.3 Å². The molecule has 0 atom stereocenters. The lowest BCUT2D eigenvalue weighted by molar-refractivity contribution is -0.123. The Morgan fingerprint density at radius 3 is 2.29 bits per heavy atom. The number of ether oxygens (including phenoxy) is 1. The molecular formula is C30H32ClFN6O4. The number of amides is 4. The number of halogens is 2. The maximum absolute atomic E-state index is 13.0. The van der Waals surface area contributed by atoms with Crippen molar-refractivity contribution in [3.05, 3.63) is 71.6 Å². The first-order valence-corrected chi connectivity index (χ1v) is 14.3. The molecule has 3 aromatic rings. The van der Waals surface area contributed by atoms with E-state index in [1.54, 1.807) is 24.3 Å². The number of benzene rings is 2. The number of rotatable bonds is 8. The van der Waals surface area contributed by atoms with Gasteiger partial charge in [-0.05, 0) is 81.2 Å². The minimum Gasteiger partial charge on any atom is -0.457 e. The van der Waals surface area contributed by atoms with Gasteiger partial charge in [0.15, 0.2) is 0 Å². The second-order valence-corrected chi connectivity index (χ2v) is 10.7. The van der Waals surface area contributed by atoms with Crippen LogP contribution in [0.2, 0.25) is 5.02 Å². The zero-order valence-electron chi connectivity index (χ0n) is 22.9. The van der Waals surface area contributed by atoms with Crippen molar-refractivity contribution in [1.29, 1.82) is 0 Å². The zero-order valence-corrected chi connectivity index (χ0v) is 23.7. The van der Waals surface area contributed by atoms with E-state index in [0.717, 1.165) is 25.9 Å². The van der Waals surface area contributed by atoms with Gasteiger partial charge in [-0.15, -0.1) is 0 Å². The molecule has 4 amide bonds. The van der Waals surface area contributed by atoms with Gasteiger partial charge in [-0.2, -0.15) is 0 Å². The summed E-state index contributed by atoms with van der Waals surface area (Å²) >= 11 is 6.35. The molecule has 0 aliphatic carbocycles. The van der Waals surface area contributed by atoms with Gasteiger partial charge in [0.25, 0.3) is 0 Å². The average molecular weight is 595 g/mol. The lowest BCUT2D eigenvalue weighted by Gasteiger charge is -2.36. The second kappa shape index (κ2) is 13.6. The molecule has 1 aromatic heterocycles. The van der Waals surface area contributed by atoms with Crippen LogP contribution in [-0.2, 0) is 9.59 Å². The van der Waals surface area contributed by atoms with Gasteiger partial charge in [-0.3, -0.25) is 14.9 Å². The van der Waals surface area contributed by atoms with Crippen LogP contribution >= 0.6 is 11.6 Å². The predicted octanol–water partition coefficient (Wildman–Crippen LogP) is 5.73. The van der Waals surface area contributed by atoms with E-state index in [0.29, 0.717) is 47.8 Å². The molecular weight excluding hydrogens is 563 g/mol. The zero-order chi connectivity index (χ0) is 29.5. The Labute approximate surface area is 248 Å². The van der Waals surface area contributed by atoms with Crippen LogP contribution in [0.4, 0.5) is 26.4 Å². The molecule has 3 N–H and O–H groups in total. The van der Waals surface area contributed by atoms with Crippen LogP contribution < -0.4 is 20.7 Å². The third-order valence-corrected chi connectivity index (χ3v) is 7.59. The van der Waals surface area contributed by atoms with Crippen molar-refractivity contribution < 1.29 is 23.5 Å². The van der Waals surface area contributed by atoms with Gasteiger partial charge in [0.2, 0.25) is 11.8 Å². The molecule has 0 saturated carbocycles. The molecule has 2 saturated heterocycles. The third-order valence-electron chi connectivity index (χ3n) is 7.27. The van der Waals surface area contributed by atoms with Crippen molar-refractivity contribution in [1.82, 2.24) is 14.8 Å². The van der Waals surface area contributed by atoms with Crippen molar-refractivity contribution >= 4 is 46.6 Å². The fraction of sp³-hybridized carbons (Fsp3) is 0.333. The number of likely N-dealkylation sites (tertiary alicyclic amines) is 2. The van der Waals surface area contributed by atoms with Crippen molar-refractivity contribution in [3.63, 3.8) is 0 Å². The van der Waals surface area contributed by atoms with E-state index in [1.165, 1.54) is 49.4 Å². The molecule has 2 aliphatic rings. The van der Waals surface area contributed by atoms with Crippen molar-refractivity contribution in [2.45, 2.75) is 38.1 Å². The summed E-state index contributed by atoms with van der Waals surface area (Å²) in [4.78, 5) is 45.9. The minimum atomic E-state index is -0.569. The molecule has 42 heavy (non-hydrogen) atoms. The lowest BCUT2D eigenvalue weighted by atomic mass is 10.0. The van der Waals surface area contributed by atoms with Crippen molar-refractivity contribution in [3.8, 4) is 11.5 Å². The number of hydrogen-bond acceptors (Lipinski definition) is 6. The average Bonchev–Trinajstić information content (AvgIpc) is 3.51. The van der Waals surface area contributed by atoms with E-state index < -0.39 is 24.1 Å². The number of hydrogen-bond donors (Lipinski definition) is 3. The summed E-state index contributed by atoms with van der Waals surface area (Å²) in [6.45, 7) is 3.75. The number of aromatic nitrogens is 1. The standard InChI is InChI=1S/C30H32ClFN6O4/c31-25-17-23(7-8-26(25)35-29(40)19-28(39)34-21-5-3-20(32)4-6-21)42-24-9-12-33-27(18-24)36-30(41)38-15-10-22(11-16-38)37-13-1-2-14-37/h3-9,12,17-18,22H,1-2,10-11,13-16,19H2,(H,34,39)(H,35,40)(H,33,36,41). The highest BCUT2D eigenvalue weighted by molar-refractivity contribution is 6.34. The Morgan fingerprint density at radius 2 is 1.57 bits per heavy atom. The summed E-state index contributed by atoms with van der Waals surface area (Å²) in [5.74, 6) is -0.337. The molecule has 12 heteroatoms. The normalized spacial score (nSPS) is 15.7. The van der Waals surface area contributed by atoms with Gasteiger partial charge in [-0.25, -0.2) is 14.2 Å². The van der Waals surface area contributed by atoms with Crippen molar-refractivity contribution in [2.24, 2.45) is 0 Å². The highest BCUT2D eigenvalue weighted by Gasteiger charge is 2.28. The quantitative estimate of drug-likeness (QED) is 0.287. The third kappa shape index (κ3) is 7.95. The number of urea groups is 1. The monoisotopic (exact) mass is 594 g/mol. The molecule has 2 aromatic carbocycles. The first-order valence-electron chi connectivity index (χ1n) is 13.9. The molecule has 0 unspecified atom stereocenters. The number of nitrogens with one attached hydrogen (secondary N) is 3. The smallest absolute Gasteiger partial charge is 0.323 e. The van der Waals surface area contributed by atoms with Crippen LogP contribution in [0.3, 0.4) is 0 Å². The van der Waals surface area contributed by atoms with E-state index in [9.17, 15) is 18.8 Å². The van der Waals surface area contributed by atoms with E-state index >= 15 is 0 Å². The predicted molar refractivity (Wildman–Crippen MR) is 158 cm³/mol. The van der Waals surface area contributed by atoms with Crippen LogP contribution in [0, 0.1) is 5.82 Å². The molecule has 2 aliphatic heterocycles. The summed E-state index contributed by atoms with van der Waals surface area (Å²) in [6, 6.07) is 13.6. The fourth-order valence-corrected chi connectivity index (χ4v) is 5.37. The topological polar surface area (TPSA) is 116 Å². The maximum atomic E-state index is 13.0. The van der Waals surface area contributed by atoms with E-state index in [2.05, 4.69) is 25.8 Å². The number of nitrogens with zero attached hydrogens (tertiary/aromatic N) is 3. The Kier molecular flexibility index (Phi) is 9.50. The number of anilines is 3. The molecule has 220 valence electrons. The Balaban J connectivity index is 1.10. The van der Waals surface area contributed by atoms with Crippen LogP contribution in [0.5, 0.6) is 11.5 Å². The summed E-state index contributed by atoms with van der Waals surface area (Å²) < 4.78 is 18.9. The second-order valence-electron chi connectivity index (χ2n) is 10.3. The number of piperidine rings is 1. The van der Waals surface area contributed by atoms with Crippen LogP contribution in [0.1, 0.15) is 32.1 Å². The molecule has 0 radical (unpaired) electrons. The Bertz CT molecular complexity index is 1430. The maximum Gasteiger partial charge on any atom is 0.323 e. The van der Waals surface area contributed by atoms with Gasteiger partial charge in [0.05, 0.1) is 10.7 Å². The van der Waals surface area contributed by atoms with E-state index in [1.807, 2.05) is 4.90 Å². The molecule has 2 fully saturated rings. The summed E-state index contributed by atoms with van der Waals surface area (Å²) in [5, 5.41) is 8.19. The van der Waals surface area contributed by atoms with Gasteiger partial charge >= 0.3 is 6.03 Å². The van der Waals surface area contributed by atoms with Crippen molar-refractivity contribution in [2.75, 3.05) is 42.1 Å². The molecule has 5 rings (SSSR count). The lowest BCUT2D eigenvalue weighted by Crippen LogP contribution is -2.47. The highest BCUT2D eigenvalue weighted by Crippen LogP contribution is 2.30. The van der Waals surface area contributed by atoms with Gasteiger partial charge in [0.1, 0.15) is 29.6 Å². The minimum absolute atomic E-state index is 0.186. The number of carbonyl (C=O) groups is 3. The highest BCUT2D eigenvalue weighted by atomic mass is 35.5. The van der Waals surface area contributed by atoms with E-state index in [-0.39, 0.29) is 11.1 Å². The first-order chi connectivity index (χ1) is 20.3. The first kappa shape index (κ1) is 29.3. The van der Waals surface area contributed by atoms with Crippen LogP contribution in [0.15, 0.2) is 60.8 Å². The summed E-state index contributed by atoms with van der Waals surface area (Å²) in [7, 11) is 0. The van der Waals surface area contributed by atoms with Gasteiger partial charge in [0, 0.05) is 43.1 Å². The van der Waals surface area contributed by atoms with Crippen LogP contribution in [0.25, 0.3) is 0 Å². The van der Waals surface area contributed by atoms with Gasteiger partial charge in [-0.1, -0.05) is 11.6 Å². The number of pyridine rings is 1. The number of carbonyl (C=O) groups excluding carboxylic acids is 3. The SMILES string of the molecule is O=C(CC(=O)Nc1ccc(Oc2ccnc(NC(=O)N3CCC(N4CCCC4)CC3)c2)cc1Cl)Nc1ccc(F)cc1.